The van der Waals surface area contributed by atoms with Gasteiger partial charge in [0.15, 0.2) is 0 Å². The third-order valence-corrected chi connectivity index (χ3v) is 3.17. The first-order chi connectivity index (χ1) is 9.87. The van der Waals surface area contributed by atoms with Gasteiger partial charge in [0.25, 0.3) is 0 Å². The molecule has 21 heavy (non-hydrogen) atoms. The fourth-order valence-electron chi connectivity index (χ4n) is 1.80. The summed E-state index contributed by atoms with van der Waals surface area (Å²) in [7, 11) is 0. The highest BCUT2D eigenvalue weighted by Crippen LogP contribution is 2.21. The van der Waals surface area contributed by atoms with Crippen LogP contribution in [0.15, 0.2) is 30.3 Å². The molecule has 1 aromatic carbocycles. The Morgan fingerprint density at radius 1 is 1.24 bits per heavy atom. The van der Waals surface area contributed by atoms with Crippen molar-refractivity contribution in [3.8, 4) is 11.3 Å². The molecule has 0 saturated heterocycles. The van der Waals surface area contributed by atoms with Gasteiger partial charge in [-0.25, -0.2) is 4.98 Å². The van der Waals surface area contributed by atoms with E-state index < -0.39 is 12.8 Å². The van der Waals surface area contributed by atoms with Gasteiger partial charge in [0.1, 0.15) is 23.7 Å². The third kappa shape index (κ3) is 4.37. The monoisotopic (exact) mass is 314 g/mol. The highest BCUT2D eigenvalue weighted by atomic mass is 32.1. The molecular formula is C14H13F3N2OS. The number of nitrogens with one attached hydrogen (secondary N) is 1. The topological polar surface area (TPSA) is 37.9 Å². The van der Waals surface area contributed by atoms with E-state index in [1.807, 2.05) is 37.3 Å². The fraction of sp³-hybridized carbons (Fsp3) is 0.286. The molecule has 0 aliphatic carbocycles. The summed E-state index contributed by atoms with van der Waals surface area (Å²) in [6.07, 6.45) is -4.36. The van der Waals surface area contributed by atoms with Crippen molar-refractivity contribution in [2.75, 3.05) is 6.61 Å². The maximum Gasteiger partial charge on any atom is 0.411 e. The number of aromatic amines is 1. The van der Waals surface area contributed by atoms with Crippen LogP contribution in [0.3, 0.4) is 0 Å². The second-order valence-corrected chi connectivity index (χ2v) is 4.85. The Hall–Kier alpha value is -1.73. The van der Waals surface area contributed by atoms with Crippen molar-refractivity contribution in [3.05, 3.63) is 46.4 Å². The molecule has 0 unspecified atom stereocenters. The first-order valence-electron chi connectivity index (χ1n) is 6.16. The van der Waals surface area contributed by atoms with E-state index in [0.29, 0.717) is 4.64 Å². The second kappa shape index (κ2) is 6.36. The van der Waals surface area contributed by atoms with Crippen LogP contribution in [0.4, 0.5) is 13.2 Å². The van der Waals surface area contributed by atoms with E-state index in [4.69, 9.17) is 12.2 Å². The number of nitrogens with zero attached hydrogens (tertiary/aromatic N) is 1. The van der Waals surface area contributed by atoms with Gasteiger partial charge in [-0.1, -0.05) is 42.5 Å². The molecule has 0 amide bonds. The van der Waals surface area contributed by atoms with Gasteiger partial charge in [-0.15, -0.1) is 0 Å². The van der Waals surface area contributed by atoms with Crippen molar-refractivity contribution in [1.82, 2.24) is 9.97 Å². The smallest absolute Gasteiger partial charge is 0.364 e. The molecule has 1 N–H and O–H groups in total. The lowest BCUT2D eigenvalue weighted by atomic mass is 10.1. The van der Waals surface area contributed by atoms with Gasteiger partial charge in [-0.2, -0.15) is 13.2 Å². The number of ether oxygens (including phenoxy) is 1. The largest absolute Gasteiger partial charge is 0.411 e. The van der Waals surface area contributed by atoms with Gasteiger partial charge < -0.3 is 9.72 Å². The van der Waals surface area contributed by atoms with Gasteiger partial charge in [-0.3, -0.25) is 0 Å². The lowest BCUT2D eigenvalue weighted by Crippen LogP contribution is -2.17. The van der Waals surface area contributed by atoms with Crippen LogP contribution in [0.1, 0.15) is 11.4 Å². The summed E-state index contributed by atoms with van der Waals surface area (Å²) in [5, 5.41) is 0. The minimum absolute atomic E-state index is 0.272. The second-order valence-electron chi connectivity index (χ2n) is 4.46. The molecule has 0 spiro atoms. The van der Waals surface area contributed by atoms with E-state index in [1.165, 1.54) is 0 Å². The van der Waals surface area contributed by atoms with Gasteiger partial charge in [0, 0.05) is 5.56 Å². The molecule has 0 aliphatic rings. The Bertz CT molecular complexity index is 668. The van der Waals surface area contributed by atoms with Crippen molar-refractivity contribution in [1.29, 1.82) is 0 Å². The number of alkyl halides is 3. The maximum atomic E-state index is 12.1. The Balaban J connectivity index is 2.25. The van der Waals surface area contributed by atoms with Crippen molar-refractivity contribution in [3.63, 3.8) is 0 Å². The molecule has 3 nitrogen and oxygen atoms in total. The summed E-state index contributed by atoms with van der Waals surface area (Å²) >= 11 is 5.14. The van der Waals surface area contributed by atoms with Crippen LogP contribution in [-0.2, 0) is 11.3 Å². The summed E-state index contributed by atoms with van der Waals surface area (Å²) < 4.78 is 41.2. The Labute approximate surface area is 124 Å². The van der Waals surface area contributed by atoms with E-state index >= 15 is 0 Å². The minimum atomic E-state index is -4.36. The molecule has 1 heterocycles. The van der Waals surface area contributed by atoms with Gasteiger partial charge >= 0.3 is 6.18 Å². The first-order valence-corrected chi connectivity index (χ1v) is 6.57. The number of hydrogen-bond donors (Lipinski definition) is 1. The zero-order chi connectivity index (χ0) is 15.5. The molecule has 0 bridgehead atoms. The summed E-state index contributed by atoms with van der Waals surface area (Å²) in [6.45, 7) is 0.224. The molecule has 0 saturated carbocycles. The van der Waals surface area contributed by atoms with Crippen LogP contribution in [0.25, 0.3) is 11.3 Å². The number of hydrogen-bond acceptors (Lipinski definition) is 3. The van der Waals surface area contributed by atoms with Crippen molar-refractivity contribution in [2.24, 2.45) is 0 Å². The summed E-state index contributed by atoms with van der Waals surface area (Å²) in [6, 6.07) is 9.38. The Morgan fingerprint density at radius 2 is 1.90 bits per heavy atom. The van der Waals surface area contributed by atoms with Crippen molar-refractivity contribution in [2.45, 2.75) is 19.7 Å². The maximum absolute atomic E-state index is 12.1. The standard InChI is InChI=1S/C14H13F3N2OS/c1-9-12(10-5-3-2-4-6-10)18-11(19-13(9)21)7-20-8-14(15,16)17/h2-6H,7-8H2,1H3,(H,18,19,21). The molecule has 0 radical (unpaired) electrons. The Morgan fingerprint density at radius 3 is 2.52 bits per heavy atom. The van der Waals surface area contributed by atoms with E-state index in [1.54, 1.807) is 0 Å². The zero-order valence-corrected chi connectivity index (χ0v) is 12.0. The predicted octanol–water partition coefficient (Wildman–Crippen LogP) is 4.19. The lowest BCUT2D eigenvalue weighted by Gasteiger charge is -2.11. The molecule has 0 fully saturated rings. The highest BCUT2D eigenvalue weighted by molar-refractivity contribution is 7.71. The lowest BCUT2D eigenvalue weighted by molar-refractivity contribution is -0.177. The number of rotatable bonds is 4. The average molecular weight is 314 g/mol. The summed E-state index contributed by atoms with van der Waals surface area (Å²) in [5.41, 5.74) is 2.40. The molecule has 2 rings (SSSR count). The predicted molar refractivity (Wildman–Crippen MR) is 75.3 cm³/mol. The van der Waals surface area contributed by atoms with E-state index in [2.05, 4.69) is 14.7 Å². The van der Waals surface area contributed by atoms with Gasteiger partial charge in [0.05, 0.1) is 5.69 Å². The van der Waals surface area contributed by atoms with Crippen LogP contribution < -0.4 is 0 Å². The first kappa shape index (κ1) is 15.7. The van der Waals surface area contributed by atoms with E-state index in [9.17, 15) is 13.2 Å². The van der Waals surface area contributed by atoms with Crippen LogP contribution in [0.5, 0.6) is 0 Å². The third-order valence-electron chi connectivity index (χ3n) is 2.77. The quantitative estimate of drug-likeness (QED) is 0.860. The zero-order valence-electron chi connectivity index (χ0n) is 11.2. The SMILES string of the molecule is Cc1c(-c2ccccc2)[nH]c(COCC(F)(F)F)nc1=S. The average Bonchev–Trinajstić information content (AvgIpc) is 2.42. The van der Waals surface area contributed by atoms with Crippen molar-refractivity contribution >= 4 is 12.2 Å². The number of halogens is 3. The number of aromatic nitrogens is 2. The van der Waals surface area contributed by atoms with Gasteiger partial charge in [0.2, 0.25) is 0 Å². The molecular weight excluding hydrogens is 301 g/mol. The van der Waals surface area contributed by atoms with Crippen LogP contribution in [0.2, 0.25) is 0 Å². The molecule has 1 aromatic heterocycles. The minimum Gasteiger partial charge on any atom is -0.364 e. The molecule has 2 aromatic rings. The van der Waals surface area contributed by atoms with Crippen LogP contribution >= 0.6 is 12.2 Å². The number of benzene rings is 1. The normalized spacial score (nSPS) is 11.6. The molecule has 0 atom stereocenters. The van der Waals surface area contributed by atoms with Crippen molar-refractivity contribution < 1.29 is 17.9 Å². The highest BCUT2D eigenvalue weighted by Gasteiger charge is 2.27. The summed E-state index contributed by atoms with van der Waals surface area (Å²) in [4.78, 5) is 7.03. The van der Waals surface area contributed by atoms with Crippen LogP contribution in [0, 0.1) is 11.6 Å². The molecule has 0 aliphatic heterocycles. The molecule has 7 heteroatoms. The van der Waals surface area contributed by atoms with E-state index in [-0.39, 0.29) is 12.4 Å². The van der Waals surface area contributed by atoms with Crippen LogP contribution in [-0.4, -0.2) is 22.8 Å². The summed E-state index contributed by atoms with van der Waals surface area (Å²) in [5.74, 6) is 0.272. The number of H-pyrrole nitrogens is 1. The van der Waals surface area contributed by atoms with Gasteiger partial charge in [-0.05, 0) is 12.5 Å². The van der Waals surface area contributed by atoms with E-state index in [0.717, 1.165) is 16.8 Å². The molecule has 112 valence electrons. The Kier molecular flexibility index (Phi) is 4.74. The fourth-order valence-corrected chi connectivity index (χ4v) is 2.02.